The maximum Gasteiger partial charge on any atom is 0.302 e. The lowest BCUT2D eigenvalue weighted by atomic mass is 9.94. The second-order valence-corrected chi connectivity index (χ2v) is 8.05. The lowest BCUT2D eigenvalue weighted by Gasteiger charge is -2.23. The van der Waals surface area contributed by atoms with Crippen molar-refractivity contribution in [2.75, 3.05) is 4.90 Å². The van der Waals surface area contributed by atoms with Gasteiger partial charge in [0.15, 0.2) is 0 Å². The fourth-order valence-corrected chi connectivity index (χ4v) is 4.54. The van der Waals surface area contributed by atoms with Crippen LogP contribution in [-0.4, -0.2) is 31.7 Å². The van der Waals surface area contributed by atoms with Crippen LogP contribution in [0.3, 0.4) is 0 Å². The third-order valence-corrected chi connectivity index (χ3v) is 6.12. The van der Waals surface area contributed by atoms with Crippen molar-refractivity contribution in [2.24, 2.45) is 0 Å². The SMILES string of the molecule is O=C1C(=O)N(c2nc3ccccc3[nH]2)C(c2ccncc2)/C1=C(\O)c1cccc2ccccc12. The molecule has 1 saturated heterocycles. The van der Waals surface area contributed by atoms with Gasteiger partial charge in [-0.1, -0.05) is 54.6 Å². The highest BCUT2D eigenvalue weighted by Gasteiger charge is 2.48. The lowest BCUT2D eigenvalue weighted by Crippen LogP contribution is -2.30. The maximum absolute atomic E-state index is 13.4. The van der Waals surface area contributed by atoms with Crippen molar-refractivity contribution in [3.8, 4) is 0 Å². The second-order valence-electron chi connectivity index (χ2n) is 8.05. The number of nitrogens with zero attached hydrogens (tertiary/aromatic N) is 3. The summed E-state index contributed by atoms with van der Waals surface area (Å²) < 4.78 is 0. The van der Waals surface area contributed by atoms with Crippen LogP contribution in [0.15, 0.2) is 96.8 Å². The molecule has 1 atom stereocenters. The largest absolute Gasteiger partial charge is 0.507 e. The second kappa shape index (κ2) is 7.67. The van der Waals surface area contributed by atoms with Gasteiger partial charge in [0.05, 0.1) is 22.6 Å². The fraction of sp³-hybridized carbons (Fsp3) is 0.0370. The van der Waals surface area contributed by atoms with Gasteiger partial charge in [-0.25, -0.2) is 4.98 Å². The average Bonchev–Trinajstić information content (AvgIpc) is 3.42. The first-order valence-electron chi connectivity index (χ1n) is 10.8. The standard InChI is InChI=1S/C27H18N4O3/c32-24(19-9-5-7-16-6-1-2-8-18(16)19)22-23(17-12-14-28-15-13-17)31(26(34)25(22)33)27-29-20-10-3-4-11-21(20)30-27/h1-15,23,32H,(H,29,30)/b24-22+. The minimum absolute atomic E-state index is 0.00742. The molecule has 164 valence electrons. The Balaban J connectivity index is 1.61. The maximum atomic E-state index is 13.4. The predicted molar refractivity (Wildman–Crippen MR) is 129 cm³/mol. The Bertz CT molecular complexity index is 1580. The average molecular weight is 446 g/mol. The molecule has 0 aliphatic carbocycles. The van der Waals surface area contributed by atoms with E-state index in [4.69, 9.17) is 0 Å². The van der Waals surface area contributed by atoms with Crippen LogP contribution in [0.4, 0.5) is 5.95 Å². The highest BCUT2D eigenvalue weighted by Crippen LogP contribution is 2.42. The van der Waals surface area contributed by atoms with E-state index in [1.54, 1.807) is 30.6 Å². The van der Waals surface area contributed by atoms with E-state index in [1.165, 1.54) is 4.90 Å². The first-order chi connectivity index (χ1) is 16.6. The zero-order valence-electron chi connectivity index (χ0n) is 17.8. The number of pyridine rings is 1. The third-order valence-electron chi connectivity index (χ3n) is 6.12. The molecule has 7 nitrogen and oxygen atoms in total. The molecule has 5 aromatic rings. The molecule has 0 bridgehead atoms. The molecular weight excluding hydrogens is 428 g/mol. The highest BCUT2D eigenvalue weighted by atomic mass is 16.3. The number of aliphatic hydroxyl groups excluding tert-OH is 1. The topological polar surface area (TPSA) is 99.2 Å². The number of aromatic amines is 1. The van der Waals surface area contributed by atoms with Crippen molar-refractivity contribution in [3.05, 3.63) is 108 Å². The number of aromatic nitrogens is 3. The number of hydrogen-bond acceptors (Lipinski definition) is 5. The molecule has 1 aliphatic heterocycles. The van der Waals surface area contributed by atoms with E-state index in [0.29, 0.717) is 16.6 Å². The summed E-state index contributed by atoms with van der Waals surface area (Å²) in [5, 5.41) is 13.2. The van der Waals surface area contributed by atoms with E-state index in [0.717, 1.165) is 16.3 Å². The molecule has 0 radical (unpaired) electrons. The van der Waals surface area contributed by atoms with Gasteiger partial charge < -0.3 is 10.1 Å². The summed E-state index contributed by atoms with van der Waals surface area (Å²) in [5.74, 6) is -1.52. The lowest BCUT2D eigenvalue weighted by molar-refractivity contribution is -0.132. The van der Waals surface area contributed by atoms with Gasteiger partial charge in [-0.15, -0.1) is 0 Å². The number of imidazole rings is 1. The van der Waals surface area contributed by atoms with E-state index in [1.807, 2.05) is 60.7 Å². The van der Waals surface area contributed by atoms with E-state index in [2.05, 4.69) is 15.0 Å². The van der Waals surface area contributed by atoms with Gasteiger partial charge in [0.2, 0.25) is 5.95 Å². The predicted octanol–water partition coefficient (Wildman–Crippen LogP) is 4.74. The van der Waals surface area contributed by atoms with Gasteiger partial charge in [-0.05, 0) is 40.6 Å². The number of benzene rings is 3. The minimum atomic E-state index is -0.873. The Morgan fingerprint density at radius 3 is 2.44 bits per heavy atom. The molecule has 6 rings (SSSR count). The molecule has 3 aromatic carbocycles. The van der Waals surface area contributed by atoms with Crippen LogP contribution in [-0.2, 0) is 9.59 Å². The van der Waals surface area contributed by atoms with Gasteiger partial charge in [0, 0.05) is 18.0 Å². The zero-order valence-corrected chi connectivity index (χ0v) is 17.8. The van der Waals surface area contributed by atoms with Gasteiger partial charge >= 0.3 is 5.91 Å². The molecule has 1 unspecified atom stereocenters. The van der Waals surface area contributed by atoms with Crippen LogP contribution in [0.5, 0.6) is 0 Å². The highest BCUT2D eigenvalue weighted by molar-refractivity contribution is 6.51. The Morgan fingerprint density at radius 2 is 1.62 bits per heavy atom. The molecule has 1 aliphatic rings. The number of fused-ring (bicyclic) bond motifs is 2. The van der Waals surface area contributed by atoms with Crippen LogP contribution in [0, 0.1) is 0 Å². The monoisotopic (exact) mass is 446 g/mol. The van der Waals surface area contributed by atoms with E-state index >= 15 is 0 Å². The molecule has 3 heterocycles. The number of nitrogens with one attached hydrogen (secondary N) is 1. The molecule has 0 saturated carbocycles. The Labute approximate surface area is 194 Å². The van der Waals surface area contributed by atoms with Gasteiger partial charge in [-0.2, -0.15) is 0 Å². The van der Waals surface area contributed by atoms with Crippen molar-refractivity contribution in [1.29, 1.82) is 0 Å². The van der Waals surface area contributed by atoms with E-state index in [-0.39, 0.29) is 17.3 Å². The Hall–Kier alpha value is -4.78. The number of hydrogen-bond donors (Lipinski definition) is 2. The number of ketones is 1. The Morgan fingerprint density at radius 1 is 0.882 bits per heavy atom. The number of anilines is 1. The molecule has 2 N–H and O–H groups in total. The number of amides is 1. The quantitative estimate of drug-likeness (QED) is 0.237. The summed E-state index contributed by atoms with van der Waals surface area (Å²) in [5.41, 5.74) is 2.54. The third kappa shape index (κ3) is 2.98. The number of carbonyl (C=O) groups excluding carboxylic acids is 2. The fourth-order valence-electron chi connectivity index (χ4n) is 4.54. The van der Waals surface area contributed by atoms with Gasteiger partial charge in [-0.3, -0.25) is 19.5 Å². The normalized spacial score (nSPS) is 17.6. The van der Waals surface area contributed by atoms with Crippen molar-refractivity contribution >= 4 is 45.2 Å². The molecule has 34 heavy (non-hydrogen) atoms. The summed E-state index contributed by atoms with van der Waals surface area (Å²) in [4.78, 5) is 39.8. The van der Waals surface area contributed by atoms with Crippen LogP contribution in [0.25, 0.3) is 27.6 Å². The van der Waals surface area contributed by atoms with Crippen molar-refractivity contribution in [2.45, 2.75) is 6.04 Å². The number of aliphatic hydroxyl groups is 1. The summed E-state index contributed by atoms with van der Waals surface area (Å²) in [7, 11) is 0. The zero-order chi connectivity index (χ0) is 23.2. The number of H-pyrrole nitrogens is 1. The number of Topliss-reactive ketones (excluding diaryl/α,β-unsaturated/α-hetero) is 1. The van der Waals surface area contributed by atoms with Crippen LogP contribution >= 0.6 is 0 Å². The molecule has 1 fully saturated rings. The van der Waals surface area contributed by atoms with Crippen molar-refractivity contribution in [3.63, 3.8) is 0 Å². The van der Waals surface area contributed by atoms with Gasteiger partial charge in [0.25, 0.3) is 5.78 Å². The smallest absolute Gasteiger partial charge is 0.302 e. The van der Waals surface area contributed by atoms with Crippen molar-refractivity contribution < 1.29 is 14.7 Å². The summed E-state index contributed by atoms with van der Waals surface area (Å²) in [6, 6.07) is 23.0. The van der Waals surface area contributed by atoms with E-state index < -0.39 is 17.7 Å². The summed E-state index contributed by atoms with van der Waals surface area (Å²) in [6.07, 6.45) is 3.18. The number of rotatable bonds is 3. The van der Waals surface area contributed by atoms with Gasteiger partial charge in [0.1, 0.15) is 5.76 Å². The van der Waals surface area contributed by atoms with Crippen molar-refractivity contribution in [1.82, 2.24) is 15.0 Å². The van der Waals surface area contributed by atoms with Crippen LogP contribution < -0.4 is 4.90 Å². The molecule has 2 aromatic heterocycles. The van der Waals surface area contributed by atoms with Crippen LogP contribution in [0.1, 0.15) is 17.2 Å². The Kier molecular flexibility index (Phi) is 4.48. The first-order valence-corrected chi connectivity index (χ1v) is 10.8. The first kappa shape index (κ1) is 19.9. The molecule has 0 spiro atoms. The molecule has 7 heteroatoms. The van der Waals surface area contributed by atoms with Crippen LogP contribution in [0.2, 0.25) is 0 Å². The summed E-state index contributed by atoms with van der Waals surface area (Å²) >= 11 is 0. The van der Waals surface area contributed by atoms with E-state index in [9.17, 15) is 14.7 Å². The summed E-state index contributed by atoms with van der Waals surface area (Å²) in [6.45, 7) is 0. The number of para-hydroxylation sites is 2. The molecular formula is C27H18N4O3. The number of carbonyl (C=O) groups is 2. The molecule has 1 amide bonds. The minimum Gasteiger partial charge on any atom is -0.507 e.